The lowest BCUT2D eigenvalue weighted by Crippen LogP contribution is -2.08. The molecule has 1 atom stereocenters. The minimum absolute atomic E-state index is 0.126. The minimum Gasteiger partial charge on any atom is -0.324 e. The highest BCUT2D eigenvalue weighted by atomic mass is 14.6. The topological polar surface area (TPSA) is 38.9 Å². The van der Waals surface area contributed by atoms with Crippen LogP contribution in [0.4, 0.5) is 0 Å². The average Bonchev–Trinajstić information content (AvgIpc) is 2.27. The molecule has 0 aliphatic carbocycles. The summed E-state index contributed by atoms with van der Waals surface area (Å²) < 4.78 is 0. The third kappa shape index (κ3) is 1.49. The number of pyridine rings is 1. The zero-order valence-corrected chi connectivity index (χ0v) is 8.27. The zero-order chi connectivity index (χ0) is 9.97. The summed E-state index contributed by atoms with van der Waals surface area (Å²) in [5.41, 5.74) is 7.26. The van der Waals surface area contributed by atoms with Crippen LogP contribution >= 0.6 is 0 Å². The molecule has 0 saturated heterocycles. The van der Waals surface area contributed by atoms with Crippen molar-refractivity contribution in [2.75, 3.05) is 0 Å². The van der Waals surface area contributed by atoms with Gasteiger partial charge in [-0.15, -0.1) is 0 Å². The Morgan fingerprint density at radius 2 is 2.21 bits per heavy atom. The van der Waals surface area contributed by atoms with Crippen molar-refractivity contribution in [1.82, 2.24) is 4.98 Å². The maximum atomic E-state index is 6.04. The van der Waals surface area contributed by atoms with Crippen LogP contribution in [0.25, 0.3) is 10.8 Å². The first-order valence-electron chi connectivity index (χ1n) is 4.91. The molecule has 2 heteroatoms. The first kappa shape index (κ1) is 9.16. The van der Waals surface area contributed by atoms with Crippen LogP contribution in [0, 0.1) is 0 Å². The number of rotatable bonds is 2. The van der Waals surface area contributed by atoms with Gasteiger partial charge in [-0.05, 0) is 23.4 Å². The van der Waals surface area contributed by atoms with E-state index < -0.39 is 0 Å². The van der Waals surface area contributed by atoms with Gasteiger partial charge in [0.15, 0.2) is 0 Å². The molecule has 0 unspecified atom stereocenters. The Kier molecular flexibility index (Phi) is 2.46. The van der Waals surface area contributed by atoms with Gasteiger partial charge in [-0.3, -0.25) is 4.98 Å². The molecule has 2 aromatic rings. The van der Waals surface area contributed by atoms with Gasteiger partial charge >= 0.3 is 0 Å². The van der Waals surface area contributed by atoms with E-state index in [0.29, 0.717) is 0 Å². The van der Waals surface area contributed by atoms with E-state index >= 15 is 0 Å². The van der Waals surface area contributed by atoms with Crippen LogP contribution in [0.5, 0.6) is 0 Å². The summed E-state index contributed by atoms with van der Waals surface area (Å²) in [5.74, 6) is 0. The fourth-order valence-electron chi connectivity index (χ4n) is 1.69. The van der Waals surface area contributed by atoms with Gasteiger partial charge in [0.25, 0.3) is 0 Å². The predicted octanol–water partition coefficient (Wildman–Crippen LogP) is 2.64. The van der Waals surface area contributed by atoms with Gasteiger partial charge in [0, 0.05) is 23.8 Å². The third-order valence-electron chi connectivity index (χ3n) is 2.55. The summed E-state index contributed by atoms with van der Waals surface area (Å²) >= 11 is 0. The van der Waals surface area contributed by atoms with E-state index in [-0.39, 0.29) is 6.04 Å². The minimum atomic E-state index is 0.126. The van der Waals surface area contributed by atoms with Crippen LogP contribution < -0.4 is 5.73 Å². The number of nitrogens with two attached hydrogens (primary N) is 1. The van der Waals surface area contributed by atoms with Gasteiger partial charge in [-0.25, -0.2) is 0 Å². The Morgan fingerprint density at radius 3 is 3.00 bits per heavy atom. The lowest BCUT2D eigenvalue weighted by Gasteiger charge is -2.11. The van der Waals surface area contributed by atoms with E-state index in [1.165, 1.54) is 10.9 Å². The van der Waals surface area contributed by atoms with Crippen LogP contribution in [0.2, 0.25) is 0 Å². The van der Waals surface area contributed by atoms with Crippen molar-refractivity contribution in [2.45, 2.75) is 19.4 Å². The number of hydrogen-bond acceptors (Lipinski definition) is 2. The first-order chi connectivity index (χ1) is 6.83. The number of hydrogen-bond donors (Lipinski definition) is 1. The molecule has 1 aromatic carbocycles. The summed E-state index contributed by atoms with van der Waals surface area (Å²) in [6.07, 6.45) is 4.65. The zero-order valence-electron chi connectivity index (χ0n) is 8.27. The van der Waals surface area contributed by atoms with Crippen molar-refractivity contribution in [1.29, 1.82) is 0 Å². The van der Waals surface area contributed by atoms with Crippen molar-refractivity contribution >= 4 is 10.8 Å². The molecule has 14 heavy (non-hydrogen) atoms. The number of benzene rings is 1. The first-order valence-corrected chi connectivity index (χ1v) is 4.91. The smallest absolute Gasteiger partial charge is 0.0346 e. The van der Waals surface area contributed by atoms with Crippen molar-refractivity contribution in [2.24, 2.45) is 5.73 Å². The van der Waals surface area contributed by atoms with Gasteiger partial charge in [0.1, 0.15) is 0 Å². The van der Waals surface area contributed by atoms with Gasteiger partial charge in [-0.2, -0.15) is 0 Å². The Balaban J connectivity index is 2.65. The van der Waals surface area contributed by atoms with Crippen LogP contribution in [0.15, 0.2) is 36.7 Å². The highest BCUT2D eigenvalue weighted by Crippen LogP contribution is 2.23. The summed E-state index contributed by atoms with van der Waals surface area (Å²) in [7, 11) is 0. The van der Waals surface area contributed by atoms with Crippen molar-refractivity contribution in [3.05, 3.63) is 42.2 Å². The SMILES string of the molecule is CC[C@H](N)c1cccc2cnccc12. The summed E-state index contributed by atoms with van der Waals surface area (Å²) in [6.45, 7) is 2.10. The Hall–Kier alpha value is -1.41. The quantitative estimate of drug-likeness (QED) is 0.783. The Bertz CT molecular complexity index is 432. The highest BCUT2D eigenvalue weighted by molar-refractivity contribution is 5.85. The highest BCUT2D eigenvalue weighted by Gasteiger charge is 2.06. The predicted molar refractivity (Wildman–Crippen MR) is 59.0 cm³/mol. The third-order valence-corrected chi connectivity index (χ3v) is 2.55. The summed E-state index contributed by atoms with van der Waals surface area (Å²) in [6, 6.07) is 8.35. The maximum absolute atomic E-state index is 6.04. The molecule has 0 saturated carbocycles. The van der Waals surface area contributed by atoms with Crippen LogP contribution in [0.3, 0.4) is 0 Å². The number of fused-ring (bicyclic) bond motifs is 1. The van der Waals surface area contributed by atoms with Gasteiger partial charge in [0.2, 0.25) is 0 Å². The molecule has 0 spiro atoms. The molecule has 0 aliphatic rings. The van der Waals surface area contributed by atoms with Crippen molar-refractivity contribution < 1.29 is 0 Å². The van der Waals surface area contributed by atoms with Crippen molar-refractivity contribution in [3.8, 4) is 0 Å². The normalized spacial score (nSPS) is 13.0. The molecule has 2 nitrogen and oxygen atoms in total. The van der Waals surface area contributed by atoms with E-state index in [0.717, 1.165) is 11.8 Å². The van der Waals surface area contributed by atoms with Crippen LogP contribution in [-0.4, -0.2) is 4.98 Å². The van der Waals surface area contributed by atoms with E-state index in [4.69, 9.17) is 5.73 Å². The second-order valence-electron chi connectivity index (χ2n) is 3.46. The molecule has 0 bridgehead atoms. The van der Waals surface area contributed by atoms with Gasteiger partial charge in [0.05, 0.1) is 0 Å². The second-order valence-corrected chi connectivity index (χ2v) is 3.46. The van der Waals surface area contributed by atoms with Crippen molar-refractivity contribution in [3.63, 3.8) is 0 Å². The molecule has 0 fully saturated rings. The van der Waals surface area contributed by atoms with Crippen LogP contribution in [-0.2, 0) is 0 Å². The largest absolute Gasteiger partial charge is 0.324 e. The second kappa shape index (κ2) is 3.76. The molecule has 0 amide bonds. The molecule has 72 valence electrons. The number of aromatic nitrogens is 1. The molecule has 1 aromatic heterocycles. The molecular formula is C12H14N2. The fraction of sp³-hybridized carbons (Fsp3) is 0.250. The molecular weight excluding hydrogens is 172 g/mol. The summed E-state index contributed by atoms with van der Waals surface area (Å²) in [5, 5.41) is 2.38. The molecule has 0 aliphatic heterocycles. The number of nitrogens with zero attached hydrogens (tertiary/aromatic N) is 1. The molecule has 2 N–H and O–H groups in total. The standard InChI is InChI=1S/C12H14N2/c1-2-12(13)11-5-3-4-9-8-14-7-6-10(9)11/h3-8,12H,2,13H2,1H3/t12-/m0/s1. The average molecular weight is 186 g/mol. The Morgan fingerprint density at radius 1 is 1.36 bits per heavy atom. The lowest BCUT2D eigenvalue weighted by atomic mass is 9.99. The molecule has 2 rings (SSSR count). The van der Waals surface area contributed by atoms with E-state index in [2.05, 4.69) is 24.0 Å². The lowest BCUT2D eigenvalue weighted by molar-refractivity contribution is 0.704. The van der Waals surface area contributed by atoms with Crippen LogP contribution in [0.1, 0.15) is 24.9 Å². The van der Waals surface area contributed by atoms with E-state index in [1.54, 1.807) is 0 Å². The maximum Gasteiger partial charge on any atom is 0.0346 e. The fourth-order valence-corrected chi connectivity index (χ4v) is 1.69. The van der Waals surface area contributed by atoms with E-state index in [9.17, 15) is 0 Å². The van der Waals surface area contributed by atoms with Gasteiger partial charge in [-0.1, -0.05) is 25.1 Å². The van der Waals surface area contributed by atoms with E-state index in [1.807, 2.05) is 24.5 Å². The molecule has 0 radical (unpaired) electrons. The monoisotopic (exact) mass is 186 g/mol. The molecule has 1 heterocycles. The van der Waals surface area contributed by atoms with Gasteiger partial charge < -0.3 is 5.73 Å². The summed E-state index contributed by atoms with van der Waals surface area (Å²) in [4.78, 5) is 4.10. The Labute approximate surface area is 83.8 Å².